The number of halogens is 1. The third kappa shape index (κ3) is 4.99. The van der Waals surface area contributed by atoms with Crippen molar-refractivity contribution in [2.45, 2.75) is 32.2 Å². The minimum Gasteiger partial charge on any atom is -0.338 e. The second-order valence-electron chi connectivity index (χ2n) is 8.75. The Hall–Kier alpha value is -3.59. The first-order chi connectivity index (χ1) is 16.5. The van der Waals surface area contributed by atoms with Crippen molar-refractivity contribution >= 4 is 23.2 Å². The molecule has 34 heavy (non-hydrogen) atoms. The van der Waals surface area contributed by atoms with E-state index in [1.165, 1.54) is 12.1 Å². The molecule has 0 spiro atoms. The number of likely N-dealkylation sites (tertiary alicyclic amines) is 1. The van der Waals surface area contributed by atoms with Crippen molar-refractivity contribution in [3.63, 3.8) is 0 Å². The van der Waals surface area contributed by atoms with Crippen LogP contribution in [0.1, 0.15) is 31.6 Å². The molecule has 0 aliphatic carbocycles. The number of amides is 2. The molecule has 1 N–H and O–H groups in total. The van der Waals surface area contributed by atoms with Gasteiger partial charge in [-0.25, -0.2) is 4.39 Å². The Labute approximate surface area is 196 Å². The van der Waals surface area contributed by atoms with Crippen LogP contribution < -0.4 is 10.2 Å². The van der Waals surface area contributed by atoms with Crippen LogP contribution in [0.5, 0.6) is 0 Å². The monoisotopic (exact) mass is 463 g/mol. The molecule has 3 aromatic rings. The molecule has 0 atom stereocenters. The fourth-order valence-corrected chi connectivity index (χ4v) is 4.47. The lowest BCUT2D eigenvalue weighted by Crippen LogP contribution is -2.37. The molecular formula is C25H26FN5O3. The number of nitrogens with zero attached hydrogens (tertiary/aromatic N) is 4. The summed E-state index contributed by atoms with van der Waals surface area (Å²) in [5.74, 6) is 0.725. The van der Waals surface area contributed by atoms with E-state index in [9.17, 15) is 14.0 Å². The summed E-state index contributed by atoms with van der Waals surface area (Å²) in [6, 6.07) is 13.4. The van der Waals surface area contributed by atoms with Crippen LogP contribution in [0.2, 0.25) is 0 Å². The number of piperidine rings is 1. The van der Waals surface area contributed by atoms with Gasteiger partial charge in [0.05, 0.1) is 6.54 Å². The predicted molar refractivity (Wildman–Crippen MR) is 124 cm³/mol. The van der Waals surface area contributed by atoms with Crippen LogP contribution in [-0.2, 0) is 16.1 Å². The van der Waals surface area contributed by atoms with Crippen molar-refractivity contribution in [1.82, 2.24) is 15.0 Å². The highest BCUT2D eigenvalue weighted by Gasteiger charge is 2.26. The van der Waals surface area contributed by atoms with Gasteiger partial charge in [0.1, 0.15) is 5.82 Å². The van der Waals surface area contributed by atoms with E-state index in [0.717, 1.165) is 50.3 Å². The number of carbonyl (C=O) groups is 2. The average molecular weight is 464 g/mol. The van der Waals surface area contributed by atoms with Crippen LogP contribution in [0.15, 0.2) is 53.1 Å². The number of aromatic nitrogens is 2. The summed E-state index contributed by atoms with van der Waals surface area (Å²) in [4.78, 5) is 33.0. The van der Waals surface area contributed by atoms with Crippen LogP contribution in [0.3, 0.4) is 0 Å². The number of carbonyl (C=O) groups excluding carboxylic acids is 2. The average Bonchev–Trinajstić information content (AvgIpc) is 3.49. The van der Waals surface area contributed by atoms with E-state index in [1.54, 1.807) is 17.0 Å². The summed E-state index contributed by atoms with van der Waals surface area (Å²) < 4.78 is 18.5. The lowest BCUT2D eigenvalue weighted by molar-refractivity contribution is -0.121. The molecule has 2 saturated heterocycles. The second kappa shape index (κ2) is 9.72. The van der Waals surface area contributed by atoms with Crippen LogP contribution in [0, 0.1) is 11.7 Å². The van der Waals surface area contributed by atoms with Crippen molar-refractivity contribution in [3.05, 3.63) is 60.2 Å². The summed E-state index contributed by atoms with van der Waals surface area (Å²) in [5, 5.41) is 6.99. The Balaban J connectivity index is 1.10. The van der Waals surface area contributed by atoms with Gasteiger partial charge in [-0.15, -0.1) is 0 Å². The van der Waals surface area contributed by atoms with Crippen molar-refractivity contribution in [1.29, 1.82) is 0 Å². The van der Waals surface area contributed by atoms with E-state index < -0.39 is 0 Å². The lowest BCUT2D eigenvalue weighted by atomic mass is 9.96. The zero-order valence-electron chi connectivity index (χ0n) is 18.7. The first kappa shape index (κ1) is 22.2. The van der Waals surface area contributed by atoms with E-state index in [1.807, 2.05) is 24.3 Å². The fourth-order valence-electron chi connectivity index (χ4n) is 4.47. The topological polar surface area (TPSA) is 91.6 Å². The third-order valence-corrected chi connectivity index (χ3v) is 6.41. The first-order valence-electron chi connectivity index (χ1n) is 11.6. The molecule has 2 aliphatic rings. The number of hydrogen-bond acceptors (Lipinski definition) is 6. The van der Waals surface area contributed by atoms with Gasteiger partial charge in [-0.2, -0.15) is 4.98 Å². The van der Waals surface area contributed by atoms with Gasteiger partial charge in [0.15, 0.2) is 0 Å². The molecule has 1 aromatic heterocycles. The summed E-state index contributed by atoms with van der Waals surface area (Å²) in [6.07, 6.45) is 2.97. The molecule has 0 radical (unpaired) electrons. The van der Waals surface area contributed by atoms with Crippen molar-refractivity contribution in [2.24, 2.45) is 5.92 Å². The fraction of sp³-hybridized carbons (Fsp3) is 0.360. The van der Waals surface area contributed by atoms with Gasteiger partial charge in [-0.05, 0) is 80.9 Å². The maximum absolute atomic E-state index is 13.1. The molecule has 0 bridgehead atoms. The number of anilines is 2. The van der Waals surface area contributed by atoms with Crippen LogP contribution in [0.25, 0.3) is 11.4 Å². The summed E-state index contributed by atoms with van der Waals surface area (Å²) >= 11 is 0. The standard InChI is InChI=1S/C25H26FN5O3/c26-19-5-3-17(4-6-19)24-28-22(34-29-24)16-30-14-11-18(12-15-30)25(33)27-20-7-9-21(10-8-20)31-13-1-2-23(31)32/h3-10,18H,1-2,11-16H2,(H,27,33). The zero-order valence-corrected chi connectivity index (χ0v) is 18.7. The van der Waals surface area contributed by atoms with Crippen LogP contribution in [-0.4, -0.2) is 46.5 Å². The zero-order chi connectivity index (χ0) is 23.5. The lowest BCUT2D eigenvalue weighted by Gasteiger charge is -2.30. The Morgan fingerprint density at radius 3 is 2.47 bits per heavy atom. The van der Waals surface area contributed by atoms with Gasteiger partial charge in [0.25, 0.3) is 0 Å². The molecule has 5 rings (SSSR count). The van der Waals surface area contributed by atoms with Gasteiger partial charge < -0.3 is 14.7 Å². The van der Waals surface area contributed by atoms with Crippen LogP contribution in [0.4, 0.5) is 15.8 Å². The SMILES string of the molecule is O=C(Nc1ccc(N2CCCC2=O)cc1)C1CCN(Cc2nc(-c3ccc(F)cc3)no2)CC1. The number of hydrogen-bond donors (Lipinski definition) is 1. The Morgan fingerprint density at radius 2 is 1.79 bits per heavy atom. The van der Waals surface area contributed by atoms with E-state index in [4.69, 9.17) is 4.52 Å². The maximum Gasteiger partial charge on any atom is 0.241 e. The summed E-state index contributed by atoms with van der Waals surface area (Å²) in [6.45, 7) is 2.77. The molecular weight excluding hydrogens is 437 g/mol. The van der Waals surface area contributed by atoms with Gasteiger partial charge in [0, 0.05) is 35.8 Å². The number of benzene rings is 2. The third-order valence-electron chi connectivity index (χ3n) is 6.41. The normalized spacial score (nSPS) is 17.3. The Kier molecular flexibility index (Phi) is 6.35. The first-order valence-corrected chi connectivity index (χ1v) is 11.6. The van der Waals surface area contributed by atoms with Crippen molar-refractivity contribution < 1.29 is 18.5 Å². The maximum atomic E-state index is 13.1. The minimum absolute atomic E-state index is 0.0148. The number of nitrogens with one attached hydrogen (secondary N) is 1. The number of rotatable bonds is 6. The quantitative estimate of drug-likeness (QED) is 0.597. The predicted octanol–water partition coefficient (Wildman–Crippen LogP) is 3.85. The van der Waals surface area contributed by atoms with E-state index in [-0.39, 0.29) is 23.5 Å². The molecule has 176 valence electrons. The molecule has 2 aromatic carbocycles. The Morgan fingerprint density at radius 1 is 1.06 bits per heavy atom. The van der Waals surface area contributed by atoms with E-state index in [0.29, 0.717) is 30.2 Å². The molecule has 0 saturated carbocycles. The second-order valence-corrected chi connectivity index (χ2v) is 8.75. The smallest absolute Gasteiger partial charge is 0.241 e. The molecule has 2 fully saturated rings. The van der Waals surface area contributed by atoms with Crippen molar-refractivity contribution in [3.8, 4) is 11.4 Å². The van der Waals surface area contributed by atoms with Gasteiger partial charge in [-0.3, -0.25) is 14.5 Å². The van der Waals surface area contributed by atoms with Crippen molar-refractivity contribution in [2.75, 3.05) is 29.9 Å². The molecule has 0 unspecified atom stereocenters. The van der Waals surface area contributed by atoms with Gasteiger partial charge in [-0.1, -0.05) is 5.16 Å². The Bertz CT molecular complexity index is 1150. The summed E-state index contributed by atoms with van der Waals surface area (Å²) in [7, 11) is 0. The highest BCUT2D eigenvalue weighted by molar-refractivity contribution is 5.96. The highest BCUT2D eigenvalue weighted by Crippen LogP contribution is 2.25. The van der Waals surface area contributed by atoms with Gasteiger partial charge >= 0.3 is 0 Å². The molecule has 9 heteroatoms. The summed E-state index contributed by atoms with van der Waals surface area (Å²) in [5.41, 5.74) is 2.31. The highest BCUT2D eigenvalue weighted by atomic mass is 19.1. The molecule has 2 amide bonds. The minimum atomic E-state index is -0.310. The van der Waals surface area contributed by atoms with E-state index in [2.05, 4.69) is 20.4 Å². The molecule has 3 heterocycles. The van der Waals surface area contributed by atoms with E-state index >= 15 is 0 Å². The molecule has 2 aliphatic heterocycles. The largest absolute Gasteiger partial charge is 0.338 e. The van der Waals surface area contributed by atoms with Gasteiger partial charge in [0.2, 0.25) is 23.5 Å². The van der Waals surface area contributed by atoms with Crippen LogP contribution >= 0.6 is 0 Å². The molecule has 8 nitrogen and oxygen atoms in total.